The number of amides is 3. The molecule has 1 aromatic heterocycles. The number of nitrogens with zero attached hydrogens (tertiary/aromatic N) is 3. The molecule has 2 aliphatic heterocycles. The third kappa shape index (κ3) is 2.65. The lowest BCUT2D eigenvalue weighted by Crippen LogP contribution is -2.36. The van der Waals surface area contributed by atoms with Gasteiger partial charge in [0.2, 0.25) is 17.7 Å². The number of carbonyl (C=O) groups excluding carboxylic acids is 3. The van der Waals surface area contributed by atoms with Gasteiger partial charge in [0.15, 0.2) is 0 Å². The number of carbonyl (C=O) groups is 3. The van der Waals surface area contributed by atoms with Crippen molar-refractivity contribution in [2.75, 3.05) is 13.1 Å². The van der Waals surface area contributed by atoms with Gasteiger partial charge in [0, 0.05) is 38.7 Å². The second-order valence-electron chi connectivity index (χ2n) is 5.57. The van der Waals surface area contributed by atoms with Crippen LogP contribution in [0.3, 0.4) is 0 Å². The first-order valence-corrected chi connectivity index (χ1v) is 7.16. The van der Waals surface area contributed by atoms with Gasteiger partial charge < -0.3 is 4.90 Å². The molecule has 1 atom stereocenters. The molecule has 2 saturated heterocycles. The maximum absolute atomic E-state index is 12.2. The number of halogens is 1. The van der Waals surface area contributed by atoms with Crippen molar-refractivity contribution in [2.24, 2.45) is 5.41 Å². The van der Waals surface area contributed by atoms with E-state index in [0.29, 0.717) is 37.5 Å². The minimum Gasteiger partial charge on any atom is -0.342 e. The van der Waals surface area contributed by atoms with Crippen molar-refractivity contribution >= 4 is 29.3 Å². The summed E-state index contributed by atoms with van der Waals surface area (Å²) < 4.78 is 1.61. The van der Waals surface area contributed by atoms with E-state index in [2.05, 4.69) is 10.4 Å². The fourth-order valence-electron chi connectivity index (χ4n) is 2.93. The zero-order chi connectivity index (χ0) is 15.0. The first-order valence-electron chi connectivity index (χ1n) is 6.79. The van der Waals surface area contributed by atoms with Crippen molar-refractivity contribution < 1.29 is 14.4 Å². The molecule has 0 aromatic carbocycles. The summed E-state index contributed by atoms with van der Waals surface area (Å²) in [5.74, 6) is -0.534. The minimum absolute atomic E-state index is 0.0364. The van der Waals surface area contributed by atoms with E-state index in [9.17, 15) is 14.4 Å². The molecule has 1 N–H and O–H groups in total. The van der Waals surface area contributed by atoms with Crippen LogP contribution >= 0.6 is 11.6 Å². The summed E-state index contributed by atoms with van der Waals surface area (Å²) in [6, 6.07) is 0. The topological polar surface area (TPSA) is 84.3 Å². The Labute approximate surface area is 126 Å². The van der Waals surface area contributed by atoms with E-state index < -0.39 is 5.41 Å². The highest BCUT2D eigenvalue weighted by Crippen LogP contribution is 2.37. The van der Waals surface area contributed by atoms with Crippen LogP contribution in [0.1, 0.15) is 19.3 Å². The quantitative estimate of drug-likeness (QED) is 0.808. The van der Waals surface area contributed by atoms with Crippen molar-refractivity contribution in [1.29, 1.82) is 0 Å². The van der Waals surface area contributed by atoms with E-state index in [4.69, 9.17) is 11.6 Å². The third-order valence-electron chi connectivity index (χ3n) is 4.10. The van der Waals surface area contributed by atoms with E-state index in [1.54, 1.807) is 15.8 Å². The van der Waals surface area contributed by atoms with Gasteiger partial charge >= 0.3 is 0 Å². The summed E-state index contributed by atoms with van der Waals surface area (Å²) in [5.41, 5.74) is -0.707. The zero-order valence-electron chi connectivity index (χ0n) is 11.3. The van der Waals surface area contributed by atoms with Crippen LogP contribution in [0.4, 0.5) is 0 Å². The third-order valence-corrected chi connectivity index (χ3v) is 4.29. The van der Waals surface area contributed by atoms with Gasteiger partial charge in [-0.1, -0.05) is 11.6 Å². The maximum Gasteiger partial charge on any atom is 0.235 e. The number of rotatable bonds is 3. The van der Waals surface area contributed by atoms with Crippen LogP contribution in [0.2, 0.25) is 5.02 Å². The molecule has 1 spiro atoms. The SMILES string of the molecule is O=C1C[C@]2(CCN(C(=O)CCn3cc(Cl)cn3)C2)C(=O)N1. The fourth-order valence-corrected chi connectivity index (χ4v) is 3.09. The average Bonchev–Trinajstić information content (AvgIpc) is 3.09. The predicted octanol–water partition coefficient (Wildman–Crippen LogP) is 0.192. The molecule has 2 fully saturated rings. The molecule has 0 saturated carbocycles. The summed E-state index contributed by atoms with van der Waals surface area (Å²) in [5, 5.41) is 6.87. The predicted molar refractivity (Wildman–Crippen MR) is 73.3 cm³/mol. The smallest absolute Gasteiger partial charge is 0.235 e. The number of aromatic nitrogens is 2. The number of imide groups is 1. The Bertz CT molecular complexity index is 614. The van der Waals surface area contributed by atoms with Crippen molar-refractivity contribution in [2.45, 2.75) is 25.8 Å². The molecule has 0 bridgehead atoms. The summed E-state index contributed by atoms with van der Waals surface area (Å²) in [4.78, 5) is 37.0. The van der Waals surface area contributed by atoms with Gasteiger partial charge in [0.1, 0.15) is 0 Å². The summed E-state index contributed by atoms with van der Waals surface area (Å²) >= 11 is 5.76. The Kier molecular flexibility index (Phi) is 3.44. The van der Waals surface area contributed by atoms with E-state index in [1.807, 2.05) is 0 Å². The van der Waals surface area contributed by atoms with Gasteiger partial charge in [-0.3, -0.25) is 24.4 Å². The van der Waals surface area contributed by atoms with E-state index in [1.165, 1.54) is 6.20 Å². The van der Waals surface area contributed by atoms with E-state index >= 15 is 0 Å². The first-order chi connectivity index (χ1) is 9.98. The number of hydrogen-bond acceptors (Lipinski definition) is 4. The highest BCUT2D eigenvalue weighted by Gasteiger charge is 2.51. The number of nitrogens with one attached hydrogen (secondary N) is 1. The first kappa shape index (κ1) is 14.1. The standard InChI is InChI=1S/C13H15ClN4O3/c14-9-6-15-18(7-9)3-1-11(20)17-4-2-13(8-17)5-10(19)16-12(13)21/h6-7H,1-5,8H2,(H,16,19,21)/t13-/m0/s1. The molecule has 7 nitrogen and oxygen atoms in total. The maximum atomic E-state index is 12.2. The molecular formula is C13H15ClN4O3. The van der Waals surface area contributed by atoms with Crippen LogP contribution in [0.25, 0.3) is 0 Å². The molecule has 3 amide bonds. The molecule has 21 heavy (non-hydrogen) atoms. The second kappa shape index (κ2) is 5.14. The largest absolute Gasteiger partial charge is 0.342 e. The monoisotopic (exact) mass is 310 g/mol. The Morgan fingerprint density at radius 2 is 2.29 bits per heavy atom. The number of aryl methyl sites for hydroxylation is 1. The van der Waals surface area contributed by atoms with Crippen molar-refractivity contribution in [3.8, 4) is 0 Å². The van der Waals surface area contributed by atoms with E-state index in [-0.39, 0.29) is 24.1 Å². The molecular weight excluding hydrogens is 296 g/mol. The molecule has 0 aliphatic carbocycles. The van der Waals surface area contributed by atoms with Crippen molar-refractivity contribution in [3.63, 3.8) is 0 Å². The molecule has 0 unspecified atom stereocenters. The average molecular weight is 311 g/mol. The van der Waals surface area contributed by atoms with Crippen LogP contribution in [0, 0.1) is 5.41 Å². The Morgan fingerprint density at radius 1 is 1.48 bits per heavy atom. The summed E-state index contributed by atoms with van der Waals surface area (Å²) in [6.07, 6.45) is 4.20. The van der Waals surface area contributed by atoms with Crippen LogP contribution in [-0.4, -0.2) is 45.5 Å². The van der Waals surface area contributed by atoms with Crippen LogP contribution in [-0.2, 0) is 20.9 Å². The van der Waals surface area contributed by atoms with Crippen LogP contribution in [0.5, 0.6) is 0 Å². The van der Waals surface area contributed by atoms with Crippen LogP contribution < -0.4 is 5.32 Å². The molecule has 0 radical (unpaired) electrons. The lowest BCUT2D eigenvalue weighted by molar-refractivity contribution is -0.132. The fraction of sp³-hybridized carbons (Fsp3) is 0.538. The van der Waals surface area contributed by atoms with E-state index in [0.717, 1.165) is 0 Å². The van der Waals surface area contributed by atoms with Gasteiger partial charge in [0.05, 0.1) is 16.6 Å². The van der Waals surface area contributed by atoms with Gasteiger partial charge in [-0.25, -0.2) is 0 Å². The summed E-state index contributed by atoms with van der Waals surface area (Å²) in [6.45, 7) is 1.28. The molecule has 3 rings (SSSR count). The highest BCUT2D eigenvalue weighted by molar-refractivity contribution is 6.30. The number of hydrogen-bond donors (Lipinski definition) is 1. The highest BCUT2D eigenvalue weighted by atomic mass is 35.5. The number of likely N-dealkylation sites (tertiary alicyclic amines) is 1. The minimum atomic E-state index is -0.707. The van der Waals surface area contributed by atoms with Crippen molar-refractivity contribution in [3.05, 3.63) is 17.4 Å². The van der Waals surface area contributed by atoms with Crippen molar-refractivity contribution in [1.82, 2.24) is 20.0 Å². The normalized spacial score (nSPS) is 24.9. The Balaban J connectivity index is 1.57. The second-order valence-corrected chi connectivity index (χ2v) is 6.01. The molecule has 8 heteroatoms. The lowest BCUT2D eigenvalue weighted by Gasteiger charge is -2.20. The summed E-state index contributed by atoms with van der Waals surface area (Å²) in [7, 11) is 0. The van der Waals surface area contributed by atoms with Gasteiger partial charge in [-0.2, -0.15) is 5.10 Å². The zero-order valence-corrected chi connectivity index (χ0v) is 12.1. The molecule has 2 aliphatic rings. The molecule has 112 valence electrons. The molecule has 1 aromatic rings. The van der Waals surface area contributed by atoms with Gasteiger partial charge in [0.25, 0.3) is 0 Å². The lowest BCUT2D eigenvalue weighted by atomic mass is 9.85. The van der Waals surface area contributed by atoms with Crippen LogP contribution in [0.15, 0.2) is 12.4 Å². The Hall–Kier alpha value is -1.89. The van der Waals surface area contributed by atoms with Gasteiger partial charge in [-0.15, -0.1) is 0 Å². The Morgan fingerprint density at radius 3 is 2.90 bits per heavy atom. The van der Waals surface area contributed by atoms with Gasteiger partial charge in [-0.05, 0) is 6.42 Å². The molecule has 3 heterocycles.